The van der Waals surface area contributed by atoms with Gasteiger partial charge in [0, 0.05) is 5.41 Å². The molecule has 1 aliphatic carbocycles. The van der Waals surface area contributed by atoms with E-state index in [4.69, 9.17) is 4.74 Å². The average molecular weight is 399 g/mol. The summed E-state index contributed by atoms with van der Waals surface area (Å²) in [5.74, 6) is 2.24. The third-order valence-electron chi connectivity index (χ3n) is 8.05. The van der Waals surface area contributed by atoms with Crippen LogP contribution in [0.4, 0.5) is 0 Å². The molecule has 2 rings (SSSR count). The van der Waals surface area contributed by atoms with Crippen LogP contribution in [0.15, 0.2) is 30.3 Å². The highest BCUT2D eigenvalue weighted by atomic mass is 16.5. The van der Waals surface area contributed by atoms with Gasteiger partial charge in [0.1, 0.15) is 0 Å². The smallest absolute Gasteiger partial charge is 0.0711 e. The molecule has 0 N–H and O–H groups in total. The standard InChI is InChI=1S/C28H46O/c1-20(2)27(8,9)24-18-22(24)19-29-28(10,11)26(6,7)17-16-21-12-14-23(15-13-21)25(3,4)5/h12-17,20,22,24H,18-19H2,1-11H3. The lowest BCUT2D eigenvalue weighted by molar-refractivity contribution is -0.0851. The fourth-order valence-corrected chi connectivity index (χ4v) is 3.87. The molecule has 1 aliphatic rings. The van der Waals surface area contributed by atoms with Crippen molar-refractivity contribution in [2.45, 2.75) is 93.6 Å². The van der Waals surface area contributed by atoms with Crippen LogP contribution in [0.5, 0.6) is 0 Å². The largest absolute Gasteiger partial charge is 0.374 e. The Morgan fingerprint density at radius 3 is 1.97 bits per heavy atom. The minimum atomic E-state index is -0.204. The molecule has 1 saturated carbocycles. The van der Waals surface area contributed by atoms with Crippen molar-refractivity contribution in [3.05, 3.63) is 41.5 Å². The minimum absolute atomic E-state index is 0.0480. The van der Waals surface area contributed by atoms with Gasteiger partial charge in [0.05, 0.1) is 12.2 Å². The Labute approximate surface area is 181 Å². The van der Waals surface area contributed by atoms with Gasteiger partial charge in [0.15, 0.2) is 0 Å². The second-order valence-electron chi connectivity index (χ2n) is 12.3. The van der Waals surface area contributed by atoms with Crippen molar-refractivity contribution < 1.29 is 4.74 Å². The molecule has 0 bridgehead atoms. The molecular weight excluding hydrogens is 352 g/mol. The van der Waals surface area contributed by atoms with Crippen LogP contribution in [0.2, 0.25) is 0 Å². The minimum Gasteiger partial charge on any atom is -0.374 e. The predicted octanol–water partition coefficient (Wildman–Crippen LogP) is 8.14. The summed E-state index contributed by atoms with van der Waals surface area (Å²) in [7, 11) is 0. The topological polar surface area (TPSA) is 9.23 Å². The molecule has 1 aromatic rings. The maximum atomic E-state index is 6.52. The van der Waals surface area contributed by atoms with Crippen molar-refractivity contribution in [2.75, 3.05) is 6.61 Å². The third kappa shape index (κ3) is 5.75. The van der Waals surface area contributed by atoms with Gasteiger partial charge < -0.3 is 4.74 Å². The summed E-state index contributed by atoms with van der Waals surface area (Å²) in [6.45, 7) is 26.3. The number of ether oxygens (including phenoxy) is 1. The molecule has 2 atom stereocenters. The average Bonchev–Trinajstić information content (AvgIpc) is 3.38. The first-order chi connectivity index (χ1) is 13.1. The van der Waals surface area contributed by atoms with Gasteiger partial charge in [-0.2, -0.15) is 0 Å². The normalized spacial score (nSPS) is 21.2. The van der Waals surface area contributed by atoms with Gasteiger partial charge in [-0.25, -0.2) is 0 Å². The van der Waals surface area contributed by atoms with E-state index in [1.54, 1.807) is 0 Å². The van der Waals surface area contributed by atoms with Gasteiger partial charge in [-0.3, -0.25) is 0 Å². The zero-order valence-corrected chi connectivity index (χ0v) is 21.0. The highest BCUT2D eigenvalue weighted by Crippen LogP contribution is 2.54. The Morgan fingerprint density at radius 1 is 0.931 bits per heavy atom. The van der Waals surface area contributed by atoms with E-state index >= 15 is 0 Å². The molecule has 0 radical (unpaired) electrons. The van der Waals surface area contributed by atoms with Gasteiger partial charge in [-0.15, -0.1) is 0 Å². The van der Waals surface area contributed by atoms with Crippen molar-refractivity contribution in [3.8, 4) is 0 Å². The second-order valence-corrected chi connectivity index (χ2v) is 12.3. The Bertz CT molecular complexity index is 695. The van der Waals surface area contributed by atoms with Crippen molar-refractivity contribution in [1.29, 1.82) is 0 Å². The van der Waals surface area contributed by atoms with Crippen LogP contribution in [0.25, 0.3) is 6.08 Å². The summed E-state index contributed by atoms with van der Waals surface area (Å²) in [5.41, 5.74) is 2.98. The first kappa shape index (κ1) is 24.2. The lowest BCUT2D eigenvalue weighted by atomic mass is 9.75. The maximum absolute atomic E-state index is 6.52. The molecule has 1 fully saturated rings. The Kier molecular flexibility index (Phi) is 6.85. The zero-order chi connectivity index (χ0) is 22.3. The second kappa shape index (κ2) is 8.22. The van der Waals surface area contributed by atoms with Crippen molar-refractivity contribution in [1.82, 2.24) is 0 Å². The number of benzene rings is 1. The van der Waals surface area contributed by atoms with Crippen molar-refractivity contribution >= 4 is 6.08 Å². The molecule has 0 aliphatic heterocycles. The molecule has 1 heteroatoms. The fourth-order valence-electron chi connectivity index (χ4n) is 3.87. The van der Waals surface area contributed by atoms with Crippen LogP contribution in [0.3, 0.4) is 0 Å². The van der Waals surface area contributed by atoms with E-state index in [0.29, 0.717) is 5.41 Å². The van der Waals surface area contributed by atoms with E-state index in [1.807, 2.05) is 0 Å². The first-order valence-electron chi connectivity index (χ1n) is 11.5. The van der Waals surface area contributed by atoms with E-state index < -0.39 is 0 Å². The van der Waals surface area contributed by atoms with Gasteiger partial charge in [-0.05, 0) is 60.0 Å². The van der Waals surface area contributed by atoms with Crippen molar-refractivity contribution in [2.24, 2.45) is 28.6 Å². The van der Waals surface area contributed by atoms with Crippen LogP contribution in [0.1, 0.15) is 93.7 Å². The highest BCUT2D eigenvalue weighted by Gasteiger charge is 2.49. The summed E-state index contributed by atoms with van der Waals surface area (Å²) >= 11 is 0. The van der Waals surface area contributed by atoms with Gasteiger partial charge in [0.2, 0.25) is 0 Å². The fraction of sp³-hybridized carbons (Fsp3) is 0.714. The van der Waals surface area contributed by atoms with Crippen LogP contribution in [-0.4, -0.2) is 12.2 Å². The molecule has 0 aromatic heterocycles. The predicted molar refractivity (Wildman–Crippen MR) is 128 cm³/mol. The summed E-state index contributed by atoms with van der Waals surface area (Å²) < 4.78 is 6.52. The summed E-state index contributed by atoms with van der Waals surface area (Å²) in [6.07, 6.45) is 5.89. The number of hydrogen-bond acceptors (Lipinski definition) is 1. The van der Waals surface area contributed by atoms with Gasteiger partial charge in [0.25, 0.3) is 0 Å². The monoisotopic (exact) mass is 398 g/mol. The van der Waals surface area contributed by atoms with Crippen LogP contribution in [0, 0.1) is 28.6 Å². The van der Waals surface area contributed by atoms with Gasteiger partial charge in [-0.1, -0.05) is 98.7 Å². The molecule has 0 amide bonds. The van der Waals surface area contributed by atoms with E-state index in [1.165, 1.54) is 17.5 Å². The summed E-state index contributed by atoms with van der Waals surface area (Å²) in [5, 5.41) is 0. The zero-order valence-electron chi connectivity index (χ0n) is 21.0. The third-order valence-corrected chi connectivity index (χ3v) is 8.05. The lowest BCUT2D eigenvalue weighted by Gasteiger charge is -2.40. The number of rotatable bonds is 8. The Hall–Kier alpha value is -1.08. The van der Waals surface area contributed by atoms with Crippen LogP contribution in [-0.2, 0) is 10.2 Å². The Balaban J connectivity index is 1.97. The molecule has 1 aromatic carbocycles. The molecule has 164 valence electrons. The van der Waals surface area contributed by atoms with Crippen LogP contribution >= 0.6 is 0 Å². The Morgan fingerprint density at radius 2 is 1.48 bits per heavy atom. The lowest BCUT2D eigenvalue weighted by Crippen LogP contribution is -2.41. The molecule has 0 saturated heterocycles. The molecule has 0 spiro atoms. The summed E-state index contributed by atoms with van der Waals surface area (Å²) in [4.78, 5) is 0. The van der Waals surface area contributed by atoms with Gasteiger partial charge >= 0.3 is 0 Å². The maximum Gasteiger partial charge on any atom is 0.0711 e. The quantitative estimate of drug-likeness (QED) is 0.429. The molecule has 1 nitrogen and oxygen atoms in total. The molecule has 29 heavy (non-hydrogen) atoms. The van der Waals surface area contributed by atoms with Crippen molar-refractivity contribution in [3.63, 3.8) is 0 Å². The molecule has 0 heterocycles. The van der Waals surface area contributed by atoms with E-state index in [2.05, 4.69) is 113 Å². The van der Waals surface area contributed by atoms with E-state index in [0.717, 1.165) is 24.4 Å². The van der Waals surface area contributed by atoms with Crippen LogP contribution < -0.4 is 0 Å². The molecule has 2 unspecified atom stereocenters. The summed E-state index contributed by atoms with van der Waals surface area (Å²) in [6, 6.07) is 8.95. The number of hydrogen-bond donors (Lipinski definition) is 0. The first-order valence-corrected chi connectivity index (χ1v) is 11.5. The SMILES string of the molecule is CC(C)C(C)(C)C1CC1COC(C)(C)C(C)(C)C=Cc1ccc(C(C)(C)C)cc1. The van der Waals surface area contributed by atoms with E-state index in [9.17, 15) is 0 Å². The molecular formula is C28H46O. The van der Waals surface area contributed by atoms with E-state index in [-0.39, 0.29) is 16.4 Å². The highest BCUT2D eigenvalue weighted by molar-refractivity contribution is 5.51.